The minimum absolute atomic E-state index is 0.393. The molecule has 1 heterocycles. The molecule has 112 valence electrons. The predicted octanol–water partition coefficient (Wildman–Crippen LogP) is 2.51. The van der Waals surface area contributed by atoms with Crippen LogP contribution in [0.1, 0.15) is 46.0 Å². The summed E-state index contributed by atoms with van der Waals surface area (Å²) >= 11 is 0. The summed E-state index contributed by atoms with van der Waals surface area (Å²) in [7, 11) is 2.29. The number of rotatable bonds is 5. The smallest absolute Gasteiger partial charge is 0.0826 e. The molecule has 0 radical (unpaired) electrons. The van der Waals surface area contributed by atoms with Gasteiger partial charge in [-0.15, -0.1) is 0 Å². The summed E-state index contributed by atoms with van der Waals surface area (Å²) < 4.78 is 5.83. The van der Waals surface area contributed by atoms with Gasteiger partial charge in [0.25, 0.3) is 0 Å². The Morgan fingerprint density at radius 2 is 2.16 bits per heavy atom. The molecular weight excluding hydrogens is 236 g/mol. The molecule has 3 atom stereocenters. The molecule has 3 nitrogen and oxygen atoms in total. The summed E-state index contributed by atoms with van der Waals surface area (Å²) in [5.41, 5.74) is 0. The molecule has 1 saturated carbocycles. The van der Waals surface area contributed by atoms with Gasteiger partial charge in [-0.3, -0.25) is 0 Å². The Kier molecular flexibility index (Phi) is 6.11. The van der Waals surface area contributed by atoms with Gasteiger partial charge < -0.3 is 15.0 Å². The van der Waals surface area contributed by atoms with E-state index in [1.807, 2.05) is 0 Å². The Hall–Kier alpha value is -0.120. The van der Waals surface area contributed by atoms with Crippen LogP contribution in [0.2, 0.25) is 0 Å². The highest BCUT2D eigenvalue weighted by atomic mass is 16.5. The van der Waals surface area contributed by atoms with Crippen LogP contribution in [0.5, 0.6) is 0 Å². The fourth-order valence-corrected chi connectivity index (χ4v) is 3.75. The lowest BCUT2D eigenvalue weighted by Gasteiger charge is -2.38. The molecule has 1 N–H and O–H groups in total. The van der Waals surface area contributed by atoms with Crippen LogP contribution in [-0.2, 0) is 4.74 Å². The summed E-state index contributed by atoms with van der Waals surface area (Å²) in [5.74, 6) is 1.80. The van der Waals surface area contributed by atoms with Crippen molar-refractivity contribution in [3.63, 3.8) is 0 Å². The SMILES string of the molecule is CC(C)CC1CCCC(N(C)CC2CNCCO2)C1. The predicted molar refractivity (Wildman–Crippen MR) is 80.4 cm³/mol. The minimum Gasteiger partial charge on any atom is -0.374 e. The Morgan fingerprint density at radius 3 is 2.84 bits per heavy atom. The summed E-state index contributed by atoms with van der Waals surface area (Å²) in [6.45, 7) is 8.71. The molecule has 2 rings (SSSR count). The first-order chi connectivity index (χ1) is 9.15. The van der Waals surface area contributed by atoms with Crippen molar-refractivity contribution in [2.45, 2.75) is 58.1 Å². The van der Waals surface area contributed by atoms with Gasteiger partial charge in [0, 0.05) is 25.7 Å². The molecule has 3 heteroatoms. The van der Waals surface area contributed by atoms with Crippen LogP contribution in [0, 0.1) is 11.8 Å². The number of nitrogens with zero attached hydrogens (tertiary/aromatic N) is 1. The molecule has 0 spiro atoms. The molecule has 2 aliphatic rings. The summed E-state index contributed by atoms with van der Waals surface area (Å²) in [6, 6.07) is 0.781. The van der Waals surface area contributed by atoms with Crippen molar-refractivity contribution in [3.05, 3.63) is 0 Å². The molecule has 0 amide bonds. The van der Waals surface area contributed by atoms with Crippen molar-refractivity contribution in [3.8, 4) is 0 Å². The molecule has 1 saturated heterocycles. The monoisotopic (exact) mass is 268 g/mol. The highest BCUT2D eigenvalue weighted by molar-refractivity contribution is 4.82. The third-order valence-electron chi connectivity index (χ3n) is 4.68. The topological polar surface area (TPSA) is 24.5 Å². The standard InChI is InChI=1S/C16H32N2O/c1-13(2)9-14-5-4-6-15(10-14)18(3)12-16-11-17-7-8-19-16/h13-17H,4-12H2,1-3H3. The third kappa shape index (κ3) is 5.05. The van der Waals surface area contributed by atoms with E-state index < -0.39 is 0 Å². The maximum absolute atomic E-state index is 5.83. The molecule has 1 aliphatic heterocycles. The van der Waals surface area contributed by atoms with Crippen molar-refractivity contribution in [1.29, 1.82) is 0 Å². The molecule has 0 aromatic heterocycles. The van der Waals surface area contributed by atoms with Crippen molar-refractivity contribution >= 4 is 0 Å². The van der Waals surface area contributed by atoms with Crippen molar-refractivity contribution in [2.24, 2.45) is 11.8 Å². The van der Waals surface area contributed by atoms with Crippen LogP contribution in [-0.4, -0.2) is 50.3 Å². The number of nitrogens with one attached hydrogen (secondary N) is 1. The number of hydrogen-bond acceptors (Lipinski definition) is 3. The second kappa shape index (κ2) is 7.61. The Bertz CT molecular complexity index is 251. The normalized spacial score (nSPS) is 33.0. The van der Waals surface area contributed by atoms with Crippen LogP contribution in [0.25, 0.3) is 0 Å². The van der Waals surface area contributed by atoms with Gasteiger partial charge in [0.2, 0.25) is 0 Å². The third-order valence-corrected chi connectivity index (χ3v) is 4.68. The second-order valence-corrected chi connectivity index (χ2v) is 6.95. The number of morpholine rings is 1. The van der Waals surface area contributed by atoms with Gasteiger partial charge >= 0.3 is 0 Å². The highest BCUT2D eigenvalue weighted by Gasteiger charge is 2.27. The molecule has 19 heavy (non-hydrogen) atoms. The fourth-order valence-electron chi connectivity index (χ4n) is 3.75. The summed E-state index contributed by atoms with van der Waals surface area (Å²) in [5, 5.41) is 3.43. The Morgan fingerprint density at radius 1 is 1.32 bits per heavy atom. The van der Waals surface area contributed by atoms with Gasteiger partial charge in [0.15, 0.2) is 0 Å². The van der Waals surface area contributed by atoms with Crippen LogP contribution in [0.4, 0.5) is 0 Å². The van der Waals surface area contributed by atoms with E-state index in [2.05, 4.69) is 31.1 Å². The summed E-state index contributed by atoms with van der Waals surface area (Å²) in [6.07, 6.45) is 7.44. The number of likely N-dealkylation sites (N-methyl/N-ethyl adjacent to an activating group) is 1. The van der Waals surface area contributed by atoms with Crippen LogP contribution >= 0.6 is 0 Å². The lowest BCUT2D eigenvalue weighted by molar-refractivity contribution is -0.00295. The van der Waals surface area contributed by atoms with E-state index in [9.17, 15) is 0 Å². The zero-order valence-electron chi connectivity index (χ0n) is 13.0. The molecule has 0 aromatic rings. The van der Waals surface area contributed by atoms with Crippen molar-refractivity contribution in [2.75, 3.05) is 33.3 Å². The summed E-state index contributed by atoms with van der Waals surface area (Å²) in [4.78, 5) is 2.56. The zero-order chi connectivity index (χ0) is 13.7. The first kappa shape index (κ1) is 15.3. The van der Waals surface area contributed by atoms with E-state index in [-0.39, 0.29) is 0 Å². The Labute approximate surface area is 119 Å². The number of ether oxygens (including phenoxy) is 1. The highest BCUT2D eigenvalue weighted by Crippen LogP contribution is 2.31. The van der Waals surface area contributed by atoms with Gasteiger partial charge in [-0.1, -0.05) is 26.7 Å². The van der Waals surface area contributed by atoms with Crippen LogP contribution in [0.3, 0.4) is 0 Å². The van der Waals surface area contributed by atoms with Crippen molar-refractivity contribution < 1.29 is 4.74 Å². The Balaban J connectivity index is 1.75. The van der Waals surface area contributed by atoms with Gasteiger partial charge in [0.1, 0.15) is 0 Å². The molecule has 3 unspecified atom stereocenters. The molecular formula is C16H32N2O. The maximum Gasteiger partial charge on any atom is 0.0826 e. The quantitative estimate of drug-likeness (QED) is 0.829. The van der Waals surface area contributed by atoms with Gasteiger partial charge in [-0.25, -0.2) is 0 Å². The second-order valence-electron chi connectivity index (χ2n) is 6.95. The van der Waals surface area contributed by atoms with Crippen LogP contribution < -0.4 is 5.32 Å². The molecule has 1 aliphatic carbocycles. The van der Waals surface area contributed by atoms with E-state index in [1.165, 1.54) is 32.1 Å². The zero-order valence-corrected chi connectivity index (χ0v) is 13.0. The van der Waals surface area contributed by atoms with E-state index in [0.29, 0.717) is 6.10 Å². The largest absolute Gasteiger partial charge is 0.374 e. The van der Waals surface area contributed by atoms with E-state index in [1.54, 1.807) is 0 Å². The first-order valence-electron chi connectivity index (χ1n) is 8.17. The molecule has 2 fully saturated rings. The average Bonchev–Trinajstić information content (AvgIpc) is 2.39. The van der Waals surface area contributed by atoms with Gasteiger partial charge in [-0.2, -0.15) is 0 Å². The first-order valence-corrected chi connectivity index (χ1v) is 8.17. The lowest BCUT2D eigenvalue weighted by atomic mass is 9.80. The number of hydrogen-bond donors (Lipinski definition) is 1. The minimum atomic E-state index is 0.393. The van der Waals surface area contributed by atoms with E-state index >= 15 is 0 Å². The fraction of sp³-hybridized carbons (Fsp3) is 1.00. The van der Waals surface area contributed by atoms with Gasteiger partial charge in [-0.05, 0) is 38.1 Å². The molecule has 0 bridgehead atoms. The van der Waals surface area contributed by atoms with Crippen LogP contribution in [0.15, 0.2) is 0 Å². The van der Waals surface area contributed by atoms with E-state index in [4.69, 9.17) is 4.74 Å². The van der Waals surface area contributed by atoms with Crippen molar-refractivity contribution in [1.82, 2.24) is 10.2 Å². The molecule has 0 aromatic carbocycles. The maximum atomic E-state index is 5.83. The van der Waals surface area contributed by atoms with Gasteiger partial charge in [0.05, 0.1) is 12.7 Å². The average molecular weight is 268 g/mol. The van der Waals surface area contributed by atoms with E-state index in [0.717, 1.165) is 44.1 Å². The lowest BCUT2D eigenvalue weighted by Crippen LogP contribution is -2.47.